The summed E-state index contributed by atoms with van der Waals surface area (Å²) in [6, 6.07) is 0. The highest BCUT2D eigenvalue weighted by Crippen LogP contribution is 2.68. The lowest BCUT2D eigenvalue weighted by molar-refractivity contribution is -0.342. The number of Topliss-reactive ketones (excluding diaryl/α,β-unsaturated/α-hetero) is 1. The number of hydrogen-bond acceptors (Lipinski definition) is 4. The van der Waals surface area contributed by atoms with Gasteiger partial charge in [-0.2, -0.15) is 0 Å². The minimum atomic E-state index is -2.16. The first kappa shape index (κ1) is 17.9. The highest BCUT2D eigenvalue weighted by Gasteiger charge is 2.69. The summed E-state index contributed by atoms with van der Waals surface area (Å²) < 4.78 is 0. The Morgan fingerprint density at radius 3 is 2.40 bits per heavy atom. The van der Waals surface area contributed by atoms with Crippen molar-refractivity contribution in [2.45, 2.75) is 84.0 Å². The molecule has 4 saturated carbocycles. The van der Waals surface area contributed by atoms with E-state index in [4.69, 9.17) is 0 Å². The lowest BCUT2D eigenvalue weighted by atomic mass is 9.42. The van der Waals surface area contributed by atoms with E-state index in [1.165, 1.54) is 6.42 Å². The first-order valence-electron chi connectivity index (χ1n) is 10.3. The van der Waals surface area contributed by atoms with Crippen LogP contribution >= 0.6 is 0 Å². The molecule has 0 radical (unpaired) electrons. The fourth-order valence-corrected chi connectivity index (χ4v) is 7.94. The van der Waals surface area contributed by atoms with E-state index in [1.54, 1.807) is 0 Å². The molecule has 0 heterocycles. The average Bonchev–Trinajstić information content (AvgIpc) is 2.88. The molecule has 4 fully saturated rings. The maximum absolute atomic E-state index is 13.4. The molecule has 3 N–H and O–H groups in total. The fourth-order valence-electron chi connectivity index (χ4n) is 7.94. The Kier molecular flexibility index (Phi) is 3.97. The number of carbonyl (C=O) groups excluding carboxylic acids is 1. The van der Waals surface area contributed by atoms with Crippen molar-refractivity contribution in [1.29, 1.82) is 0 Å². The zero-order chi connectivity index (χ0) is 18.2. The van der Waals surface area contributed by atoms with E-state index < -0.39 is 17.3 Å². The molecule has 8 atom stereocenters. The summed E-state index contributed by atoms with van der Waals surface area (Å²) >= 11 is 0. The highest BCUT2D eigenvalue weighted by atomic mass is 16.5. The lowest BCUT2D eigenvalue weighted by Crippen LogP contribution is -2.69. The molecule has 0 aromatic heterocycles. The minimum absolute atomic E-state index is 0.0804. The van der Waals surface area contributed by atoms with Crippen LogP contribution in [0.4, 0.5) is 0 Å². The van der Waals surface area contributed by atoms with Gasteiger partial charge in [0.15, 0.2) is 5.79 Å². The summed E-state index contributed by atoms with van der Waals surface area (Å²) in [7, 11) is 0. The van der Waals surface area contributed by atoms with E-state index in [2.05, 4.69) is 13.8 Å². The summed E-state index contributed by atoms with van der Waals surface area (Å²) in [5.41, 5.74) is -0.840. The van der Waals surface area contributed by atoms with Gasteiger partial charge in [-0.15, -0.1) is 0 Å². The van der Waals surface area contributed by atoms with Gasteiger partial charge in [0.1, 0.15) is 11.9 Å². The molecule has 0 bridgehead atoms. The van der Waals surface area contributed by atoms with Crippen LogP contribution in [0.15, 0.2) is 0 Å². The van der Waals surface area contributed by atoms with Crippen LogP contribution in [0.5, 0.6) is 0 Å². The summed E-state index contributed by atoms with van der Waals surface area (Å²) in [5.74, 6) is -0.781. The first-order valence-corrected chi connectivity index (χ1v) is 10.3. The van der Waals surface area contributed by atoms with Crippen LogP contribution in [0.1, 0.15) is 72.1 Å². The molecule has 4 aliphatic rings. The molecule has 0 spiro atoms. The van der Waals surface area contributed by atoms with Crippen molar-refractivity contribution < 1.29 is 20.1 Å². The van der Waals surface area contributed by atoms with E-state index in [-0.39, 0.29) is 29.0 Å². The van der Waals surface area contributed by atoms with Crippen LogP contribution < -0.4 is 0 Å². The largest absolute Gasteiger partial charge is 0.387 e. The van der Waals surface area contributed by atoms with Crippen molar-refractivity contribution in [3.63, 3.8) is 0 Å². The highest BCUT2D eigenvalue weighted by molar-refractivity contribution is 5.84. The van der Waals surface area contributed by atoms with E-state index >= 15 is 0 Å². The zero-order valence-electron chi connectivity index (χ0n) is 15.9. The van der Waals surface area contributed by atoms with Crippen molar-refractivity contribution in [2.75, 3.05) is 0 Å². The predicted octanol–water partition coefficient (Wildman–Crippen LogP) is 2.89. The van der Waals surface area contributed by atoms with E-state index in [0.29, 0.717) is 24.7 Å². The second-order valence-electron chi connectivity index (χ2n) is 9.96. The van der Waals surface area contributed by atoms with Crippen molar-refractivity contribution in [1.82, 2.24) is 0 Å². The quantitative estimate of drug-likeness (QED) is 0.636. The van der Waals surface area contributed by atoms with Crippen LogP contribution in [0.2, 0.25) is 0 Å². The predicted molar refractivity (Wildman–Crippen MR) is 94.5 cm³/mol. The summed E-state index contributed by atoms with van der Waals surface area (Å²) in [6.45, 7) is 6.42. The zero-order valence-corrected chi connectivity index (χ0v) is 15.9. The standard InChI is InChI=1S/C21H34O4/c1-4-12-6-9-15-14-8-5-13-7-10-17(23)21(24,25)20(13,3)18(14)16(22)11-19(12,15)2/h12-15,17-18,23-25H,4-11H2,1-3H3/t12-,13?,14-,15-,17?,18+,19+,20-/m0/s1. The van der Waals surface area contributed by atoms with Crippen molar-refractivity contribution >= 4 is 5.78 Å². The van der Waals surface area contributed by atoms with Gasteiger partial charge in [-0.1, -0.05) is 27.2 Å². The van der Waals surface area contributed by atoms with Crippen molar-refractivity contribution in [3.05, 3.63) is 0 Å². The molecule has 4 aliphatic carbocycles. The van der Waals surface area contributed by atoms with Gasteiger partial charge in [0.25, 0.3) is 0 Å². The maximum atomic E-state index is 13.4. The first-order chi connectivity index (χ1) is 11.7. The molecule has 0 aromatic carbocycles. The number of fused-ring (bicyclic) bond motifs is 5. The molecule has 4 heteroatoms. The Morgan fingerprint density at radius 2 is 1.72 bits per heavy atom. The minimum Gasteiger partial charge on any atom is -0.387 e. The number of hydrogen-bond donors (Lipinski definition) is 3. The third kappa shape index (κ3) is 2.08. The third-order valence-electron chi connectivity index (χ3n) is 9.33. The van der Waals surface area contributed by atoms with E-state index in [1.807, 2.05) is 6.92 Å². The SMILES string of the molecule is CC[C@H]1CC[C@H]2[C@@H]3CCC4CCC(O)C(O)(O)[C@]4(C)[C@H]3C(=O)C[C@]12C. The smallest absolute Gasteiger partial charge is 0.195 e. The van der Waals surface area contributed by atoms with Crippen LogP contribution in [0.25, 0.3) is 0 Å². The van der Waals surface area contributed by atoms with E-state index in [0.717, 1.165) is 32.1 Å². The van der Waals surface area contributed by atoms with Crippen LogP contribution in [-0.4, -0.2) is 33.0 Å². The summed E-state index contributed by atoms with van der Waals surface area (Å²) in [6.07, 6.45) is 6.08. The van der Waals surface area contributed by atoms with Gasteiger partial charge in [-0.25, -0.2) is 0 Å². The molecule has 0 saturated heterocycles. The average molecular weight is 350 g/mol. The topological polar surface area (TPSA) is 77.8 Å². The Bertz CT molecular complexity index is 572. The number of aliphatic hydroxyl groups excluding tert-OH is 1. The molecule has 0 aliphatic heterocycles. The molecular formula is C21H34O4. The number of carbonyl (C=O) groups is 1. The number of ketones is 1. The van der Waals surface area contributed by atoms with Crippen molar-refractivity contribution in [2.24, 2.45) is 40.4 Å². The second-order valence-corrected chi connectivity index (χ2v) is 9.96. The van der Waals surface area contributed by atoms with Gasteiger partial charge < -0.3 is 15.3 Å². The van der Waals surface area contributed by atoms with Gasteiger partial charge in [-0.05, 0) is 67.6 Å². The van der Waals surface area contributed by atoms with Gasteiger partial charge >= 0.3 is 0 Å². The number of rotatable bonds is 1. The summed E-state index contributed by atoms with van der Waals surface area (Å²) in [5, 5.41) is 32.1. The van der Waals surface area contributed by atoms with Crippen LogP contribution in [0, 0.1) is 40.4 Å². The molecule has 4 nitrogen and oxygen atoms in total. The molecular weight excluding hydrogens is 316 g/mol. The number of aliphatic hydroxyl groups is 3. The molecule has 2 unspecified atom stereocenters. The van der Waals surface area contributed by atoms with Gasteiger partial charge in [0, 0.05) is 17.8 Å². The van der Waals surface area contributed by atoms with Gasteiger partial charge in [0.2, 0.25) is 0 Å². The van der Waals surface area contributed by atoms with Gasteiger partial charge in [0.05, 0.1) is 0 Å². The maximum Gasteiger partial charge on any atom is 0.195 e. The fraction of sp³-hybridized carbons (Fsp3) is 0.952. The second kappa shape index (κ2) is 5.53. The van der Waals surface area contributed by atoms with Gasteiger partial charge in [-0.3, -0.25) is 4.79 Å². The lowest BCUT2D eigenvalue weighted by Gasteiger charge is -2.63. The summed E-state index contributed by atoms with van der Waals surface area (Å²) in [4.78, 5) is 13.4. The van der Waals surface area contributed by atoms with Crippen LogP contribution in [0.3, 0.4) is 0 Å². The molecule has 142 valence electrons. The van der Waals surface area contributed by atoms with Crippen molar-refractivity contribution in [3.8, 4) is 0 Å². The van der Waals surface area contributed by atoms with E-state index in [9.17, 15) is 20.1 Å². The third-order valence-corrected chi connectivity index (χ3v) is 9.33. The Hall–Kier alpha value is -0.450. The molecule has 0 aromatic rings. The molecule has 4 rings (SSSR count). The Balaban J connectivity index is 1.76. The molecule has 0 amide bonds. The molecule has 25 heavy (non-hydrogen) atoms. The Morgan fingerprint density at radius 1 is 1.04 bits per heavy atom. The Labute approximate surface area is 151 Å². The normalized spacial score (nSPS) is 54.6. The van der Waals surface area contributed by atoms with Crippen LogP contribution in [-0.2, 0) is 4.79 Å². The monoisotopic (exact) mass is 350 g/mol.